The second-order valence-corrected chi connectivity index (χ2v) is 6.58. The van der Waals surface area contributed by atoms with Gasteiger partial charge in [0.1, 0.15) is 0 Å². The van der Waals surface area contributed by atoms with Crippen LogP contribution in [-0.2, 0) is 14.4 Å². The van der Waals surface area contributed by atoms with E-state index in [0.29, 0.717) is 15.8 Å². The van der Waals surface area contributed by atoms with Gasteiger partial charge in [-0.25, -0.2) is 4.90 Å². The largest absolute Gasteiger partial charge is 0.493 e. The number of halogens is 1. The highest BCUT2D eigenvalue weighted by Gasteiger charge is 2.35. The molecule has 1 aromatic rings. The molecule has 0 aromatic heterocycles. The quantitative estimate of drug-likeness (QED) is 0.465. The van der Waals surface area contributed by atoms with Crippen LogP contribution in [0.1, 0.15) is 19.4 Å². The Labute approximate surface area is 150 Å². The first-order valence-corrected chi connectivity index (χ1v) is 8.24. The number of methoxy groups -OCH3 is 1. The van der Waals surface area contributed by atoms with E-state index in [9.17, 15) is 14.4 Å². The first-order chi connectivity index (χ1) is 11.2. The van der Waals surface area contributed by atoms with E-state index >= 15 is 0 Å². The monoisotopic (exact) mass is 412 g/mol. The van der Waals surface area contributed by atoms with Gasteiger partial charge in [0, 0.05) is 18.3 Å². The molecular formula is C15H13BrN2O5S. The minimum Gasteiger partial charge on any atom is -0.493 e. The van der Waals surface area contributed by atoms with Crippen LogP contribution in [0.25, 0.3) is 6.08 Å². The lowest BCUT2D eigenvalue weighted by Gasteiger charge is -2.11. The van der Waals surface area contributed by atoms with Gasteiger partial charge in [-0.05, 0) is 35.5 Å². The summed E-state index contributed by atoms with van der Waals surface area (Å²) >= 11 is 4.24. The van der Waals surface area contributed by atoms with Crippen molar-refractivity contribution in [1.82, 2.24) is 4.90 Å². The molecule has 1 fully saturated rings. The lowest BCUT2D eigenvalue weighted by molar-refractivity contribution is -0.135. The zero-order valence-corrected chi connectivity index (χ0v) is 15.4. The summed E-state index contributed by atoms with van der Waals surface area (Å²) in [6, 6.07) is 3.13. The minimum atomic E-state index is -0.549. The third-order valence-electron chi connectivity index (χ3n) is 2.96. The molecule has 0 unspecified atom stereocenters. The molecule has 24 heavy (non-hydrogen) atoms. The van der Waals surface area contributed by atoms with Crippen molar-refractivity contribution in [2.24, 2.45) is 0 Å². The fourth-order valence-electron chi connectivity index (χ4n) is 1.97. The fourth-order valence-corrected chi connectivity index (χ4v) is 3.28. The Bertz CT molecular complexity index is 790. The maximum absolute atomic E-state index is 12.2. The van der Waals surface area contributed by atoms with Crippen LogP contribution in [0.3, 0.4) is 0 Å². The maximum atomic E-state index is 12.2. The summed E-state index contributed by atoms with van der Waals surface area (Å²) < 4.78 is 10.8. The van der Waals surface area contributed by atoms with E-state index in [1.165, 1.54) is 27.0 Å². The van der Waals surface area contributed by atoms with Crippen molar-refractivity contribution >= 4 is 56.7 Å². The van der Waals surface area contributed by atoms with Gasteiger partial charge in [-0.3, -0.25) is 19.8 Å². The Morgan fingerprint density at radius 2 is 1.96 bits per heavy atom. The molecule has 1 aliphatic heterocycles. The van der Waals surface area contributed by atoms with Crippen LogP contribution in [0, 0.1) is 5.41 Å². The van der Waals surface area contributed by atoms with Gasteiger partial charge < -0.3 is 9.47 Å². The van der Waals surface area contributed by atoms with E-state index in [1.54, 1.807) is 12.1 Å². The number of hydrogen-bond donors (Lipinski definition) is 1. The molecule has 1 N–H and O–H groups in total. The smallest absolute Gasteiger partial charge is 0.308 e. The Balaban J connectivity index is 2.43. The molecule has 0 bridgehead atoms. The Morgan fingerprint density at radius 1 is 1.29 bits per heavy atom. The number of benzene rings is 1. The van der Waals surface area contributed by atoms with Crippen LogP contribution in [0.15, 0.2) is 21.5 Å². The number of carbonyl (C=O) groups excluding carboxylic acids is 3. The number of imide groups is 1. The van der Waals surface area contributed by atoms with E-state index in [4.69, 9.17) is 14.9 Å². The van der Waals surface area contributed by atoms with Crippen molar-refractivity contribution in [2.75, 3.05) is 7.11 Å². The predicted octanol–water partition coefficient (Wildman–Crippen LogP) is 2.78. The van der Waals surface area contributed by atoms with Crippen LogP contribution in [0.2, 0.25) is 0 Å². The highest BCUT2D eigenvalue weighted by atomic mass is 79.9. The van der Waals surface area contributed by atoms with Gasteiger partial charge in [-0.2, -0.15) is 0 Å². The molecule has 0 atom stereocenters. The van der Waals surface area contributed by atoms with Crippen molar-refractivity contribution in [3.05, 3.63) is 27.1 Å². The van der Waals surface area contributed by atoms with Crippen LogP contribution in [0.4, 0.5) is 0 Å². The summed E-state index contributed by atoms with van der Waals surface area (Å²) in [7, 11) is 1.43. The summed E-state index contributed by atoms with van der Waals surface area (Å²) in [6.07, 6.45) is 1.54. The van der Waals surface area contributed by atoms with Crippen LogP contribution >= 0.6 is 27.7 Å². The summed E-state index contributed by atoms with van der Waals surface area (Å²) in [6.45, 7) is 2.50. The zero-order valence-electron chi connectivity index (χ0n) is 13.0. The second-order valence-electron chi connectivity index (χ2n) is 4.69. The minimum absolute atomic E-state index is 0.140. The average Bonchev–Trinajstić information content (AvgIpc) is 2.75. The average molecular weight is 413 g/mol. The highest BCUT2D eigenvalue weighted by molar-refractivity contribution is 9.10. The van der Waals surface area contributed by atoms with Gasteiger partial charge in [0.2, 0.25) is 5.91 Å². The molecule has 1 aliphatic rings. The van der Waals surface area contributed by atoms with Crippen LogP contribution in [-0.4, -0.2) is 35.0 Å². The number of carbonyl (C=O) groups is 3. The molecule has 1 aromatic carbocycles. The number of hydrogen-bond acceptors (Lipinski definition) is 7. The van der Waals surface area contributed by atoms with Crippen LogP contribution < -0.4 is 9.47 Å². The zero-order chi connectivity index (χ0) is 18.0. The predicted molar refractivity (Wildman–Crippen MR) is 92.8 cm³/mol. The van der Waals surface area contributed by atoms with E-state index < -0.39 is 17.8 Å². The van der Waals surface area contributed by atoms with Crippen LogP contribution in [0.5, 0.6) is 11.5 Å². The van der Waals surface area contributed by atoms with Crippen molar-refractivity contribution in [3.8, 4) is 11.5 Å². The van der Waals surface area contributed by atoms with Gasteiger partial charge in [0.25, 0.3) is 5.91 Å². The lowest BCUT2D eigenvalue weighted by Crippen LogP contribution is -2.32. The molecule has 2 amide bonds. The molecule has 0 saturated carbocycles. The maximum Gasteiger partial charge on any atom is 0.308 e. The van der Waals surface area contributed by atoms with E-state index in [0.717, 1.165) is 16.7 Å². The topological polar surface area (TPSA) is 96.8 Å². The third kappa shape index (κ3) is 3.68. The second kappa shape index (κ2) is 7.18. The fraction of sp³-hybridized carbons (Fsp3) is 0.200. The summed E-state index contributed by atoms with van der Waals surface area (Å²) in [4.78, 5) is 35.8. The van der Waals surface area contributed by atoms with Gasteiger partial charge in [-0.1, -0.05) is 15.9 Å². The SMILES string of the molecule is COc1cc(C=C2SC(=N)N(C(C)=O)C2=O)c(Br)cc1OC(C)=O. The molecule has 7 nitrogen and oxygen atoms in total. The molecule has 0 radical (unpaired) electrons. The molecule has 0 spiro atoms. The third-order valence-corrected chi connectivity index (χ3v) is 4.54. The molecule has 2 rings (SSSR count). The lowest BCUT2D eigenvalue weighted by atomic mass is 10.2. The number of ether oxygens (including phenoxy) is 2. The molecule has 9 heteroatoms. The number of nitrogens with one attached hydrogen (secondary N) is 1. The molecule has 126 valence electrons. The van der Waals surface area contributed by atoms with Gasteiger partial charge in [0.05, 0.1) is 12.0 Å². The number of thioether (sulfide) groups is 1. The summed E-state index contributed by atoms with van der Waals surface area (Å²) in [5.41, 5.74) is 0.580. The van der Waals surface area contributed by atoms with Gasteiger partial charge in [-0.15, -0.1) is 0 Å². The van der Waals surface area contributed by atoms with Crippen molar-refractivity contribution in [1.29, 1.82) is 5.41 Å². The number of rotatable bonds is 3. The highest BCUT2D eigenvalue weighted by Crippen LogP contribution is 2.37. The Morgan fingerprint density at radius 3 is 2.46 bits per heavy atom. The van der Waals surface area contributed by atoms with Crippen molar-refractivity contribution < 1.29 is 23.9 Å². The normalized spacial score (nSPS) is 15.8. The van der Waals surface area contributed by atoms with Crippen molar-refractivity contribution in [2.45, 2.75) is 13.8 Å². The van der Waals surface area contributed by atoms with Crippen molar-refractivity contribution in [3.63, 3.8) is 0 Å². The number of amides is 2. The Hall–Kier alpha value is -2.13. The summed E-state index contributed by atoms with van der Waals surface area (Å²) in [5, 5.41) is 7.58. The standard InChI is InChI=1S/C15H13BrN2O5S/c1-7(19)18-14(21)13(24-15(18)17)5-9-4-11(22-3)12(6-10(9)16)23-8(2)20/h4-6,17H,1-3H3. The van der Waals surface area contributed by atoms with Gasteiger partial charge >= 0.3 is 5.97 Å². The van der Waals surface area contributed by atoms with E-state index in [-0.39, 0.29) is 15.8 Å². The van der Waals surface area contributed by atoms with E-state index in [2.05, 4.69) is 15.9 Å². The molecule has 1 heterocycles. The number of esters is 1. The number of amidine groups is 1. The number of nitrogens with zero attached hydrogens (tertiary/aromatic N) is 1. The summed E-state index contributed by atoms with van der Waals surface area (Å²) in [5.74, 6) is -0.995. The van der Waals surface area contributed by atoms with Gasteiger partial charge in [0.15, 0.2) is 16.7 Å². The first-order valence-electron chi connectivity index (χ1n) is 6.63. The molecular weight excluding hydrogens is 400 g/mol. The molecule has 0 aliphatic carbocycles. The molecule has 1 saturated heterocycles. The first kappa shape index (κ1) is 18.2. The Kier molecular flexibility index (Phi) is 5.45. The van der Waals surface area contributed by atoms with E-state index in [1.807, 2.05) is 0 Å².